The normalized spacial score (nSPS) is 17.8. The number of carbonyl (C=O) groups is 5. The van der Waals surface area contributed by atoms with Gasteiger partial charge in [-0.25, -0.2) is 0 Å². The van der Waals surface area contributed by atoms with Crippen LogP contribution in [0.3, 0.4) is 0 Å². The summed E-state index contributed by atoms with van der Waals surface area (Å²) in [6, 6.07) is 6.91. The van der Waals surface area contributed by atoms with Crippen molar-refractivity contribution >= 4 is 46.7 Å². The van der Waals surface area contributed by atoms with Gasteiger partial charge in [-0.1, -0.05) is 6.07 Å². The number of hydrogen-bond donors (Lipinski definition) is 8. The maximum atomic E-state index is 13.4. The van der Waals surface area contributed by atoms with Crippen LogP contribution in [0.2, 0.25) is 0 Å². The van der Waals surface area contributed by atoms with Gasteiger partial charge >= 0.3 is 5.97 Å². The molecule has 11 N–H and O–H groups in total. The largest absolute Gasteiger partial charge is 0.481 e. The molecule has 2 atom stereocenters. The van der Waals surface area contributed by atoms with Crippen molar-refractivity contribution in [2.24, 2.45) is 11.5 Å². The molecule has 0 saturated carbocycles. The zero-order valence-electron chi connectivity index (χ0n) is 21.3. The average Bonchev–Trinajstić information content (AvgIpc) is 2.89. The van der Waals surface area contributed by atoms with E-state index in [-0.39, 0.29) is 30.5 Å². The first-order valence-corrected chi connectivity index (χ1v) is 12.5. The van der Waals surface area contributed by atoms with Crippen molar-refractivity contribution in [2.75, 3.05) is 22.9 Å². The number of rotatable bonds is 8. The van der Waals surface area contributed by atoms with Gasteiger partial charge < -0.3 is 43.6 Å². The zero-order valence-corrected chi connectivity index (χ0v) is 21.3. The Hall–Kier alpha value is -4.65. The van der Waals surface area contributed by atoms with E-state index in [1.165, 1.54) is 18.2 Å². The average molecular weight is 540 g/mol. The van der Waals surface area contributed by atoms with E-state index in [1.807, 2.05) is 0 Å². The maximum absolute atomic E-state index is 13.4. The molecule has 0 aliphatic carbocycles. The molecule has 0 bridgehead atoms. The summed E-state index contributed by atoms with van der Waals surface area (Å²) in [6.07, 6.45) is 0.747. The standard InChI is InChI=1S/C26H33N7O6/c27-10-2-1-3-19-25(38)33-21-11-14(23(29)36)4-5-15(21)13-30-18-7-6-16(28)12-17(18)24(37)31-20(26(39)32-19)8-9-22(34)35/h4-7,11-12,19-20,30H,1-3,8-10,13,27-28H2,(H2,29,36)(H,31,37)(H,32,39)(H,33,38)(H,34,35). The third kappa shape index (κ3) is 7.92. The summed E-state index contributed by atoms with van der Waals surface area (Å²) in [5.41, 5.74) is 18.8. The van der Waals surface area contributed by atoms with Crippen molar-refractivity contribution in [1.29, 1.82) is 0 Å². The Kier molecular flexibility index (Phi) is 9.81. The molecule has 0 fully saturated rings. The van der Waals surface area contributed by atoms with Gasteiger partial charge in [-0.15, -0.1) is 0 Å². The molecule has 0 saturated heterocycles. The molecule has 0 spiro atoms. The fourth-order valence-corrected chi connectivity index (χ4v) is 4.12. The van der Waals surface area contributed by atoms with E-state index in [9.17, 15) is 29.1 Å². The zero-order chi connectivity index (χ0) is 28.5. The number of fused-ring (bicyclic) bond motifs is 2. The van der Waals surface area contributed by atoms with Crippen molar-refractivity contribution in [2.45, 2.75) is 50.7 Å². The summed E-state index contributed by atoms with van der Waals surface area (Å²) in [5, 5.41) is 20.3. The minimum atomic E-state index is -1.25. The van der Waals surface area contributed by atoms with Crippen LogP contribution in [0.15, 0.2) is 36.4 Å². The highest BCUT2D eigenvalue weighted by Gasteiger charge is 2.29. The molecular weight excluding hydrogens is 506 g/mol. The Balaban J connectivity index is 2.07. The van der Waals surface area contributed by atoms with Crippen LogP contribution in [0.1, 0.15) is 58.4 Å². The van der Waals surface area contributed by atoms with Crippen LogP contribution >= 0.6 is 0 Å². The Labute approximate surface area is 224 Å². The number of unbranched alkanes of at least 4 members (excludes halogenated alkanes) is 1. The van der Waals surface area contributed by atoms with Crippen molar-refractivity contribution in [1.82, 2.24) is 10.6 Å². The van der Waals surface area contributed by atoms with Crippen LogP contribution in [0.4, 0.5) is 17.1 Å². The molecule has 2 aromatic rings. The van der Waals surface area contributed by atoms with E-state index in [4.69, 9.17) is 17.2 Å². The van der Waals surface area contributed by atoms with Crippen LogP contribution in [0.25, 0.3) is 0 Å². The smallest absolute Gasteiger partial charge is 0.303 e. The Morgan fingerprint density at radius 3 is 2.36 bits per heavy atom. The van der Waals surface area contributed by atoms with Crippen LogP contribution in [-0.4, -0.2) is 53.3 Å². The number of primary amides is 1. The summed E-state index contributed by atoms with van der Waals surface area (Å²) in [6.45, 7) is 0.532. The second kappa shape index (κ2) is 13.2. The number of hydrogen-bond acceptors (Lipinski definition) is 8. The number of carboxylic acid groups (broad SMARTS) is 1. The number of carboxylic acids is 1. The quantitative estimate of drug-likeness (QED) is 0.172. The Bertz CT molecular complexity index is 1270. The number of anilines is 3. The molecule has 4 amide bonds. The number of benzene rings is 2. The highest BCUT2D eigenvalue weighted by atomic mass is 16.4. The van der Waals surface area contributed by atoms with Crippen LogP contribution in [0, 0.1) is 0 Å². The van der Waals surface area contributed by atoms with Crippen LogP contribution in [-0.2, 0) is 20.9 Å². The number of nitrogens with two attached hydrogens (primary N) is 3. The third-order valence-corrected chi connectivity index (χ3v) is 6.26. The molecule has 0 radical (unpaired) electrons. The lowest BCUT2D eigenvalue weighted by molar-refractivity contribution is -0.137. The van der Waals surface area contributed by atoms with Gasteiger partial charge in [0.1, 0.15) is 12.1 Å². The van der Waals surface area contributed by atoms with Gasteiger partial charge in [0.25, 0.3) is 5.91 Å². The van der Waals surface area contributed by atoms with E-state index in [2.05, 4.69) is 21.3 Å². The number of amides is 4. The fourth-order valence-electron chi connectivity index (χ4n) is 4.12. The first-order valence-electron chi connectivity index (χ1n) is 12.5. The minimum absolute atomic E-state index is 0.138. The molecule has 13 nitrogen and oxygen atoms in total. The van der Waals surface area contributed by atoms with Gasteiger partial charge in [-0.2, -0.15) is 0 Å². The predicted molar refractivity (Wildman–Crippen MR) is 145 cm³/mol. The molecular formula is C26H33N7O6. The molecule has 3 rings (SSSR count). The summed E-state index contributed by atoms with van der Waals surface area (Å²) < 4.78 is 0. The molecule has 208 valence electrons. The van der Waals surface area contributed by atoms with E-state index >= 15 is 0 Å². The van der Waals surface area contributed by atoms with E-state index < -0.39 is 48.1 Å². The molecule has 13 heteroatoms. The van der Waals surface area contributed by atoms with E-state index in [0.717, 1.165) is 0 Å². The third-order valence-electron chi connectivity index (χ3n) is 6.26. The predicted octanol–water partition coefficient (Wildman–Crippen LogP) is 0.509. The van der Waals surface area contributed by atoms with Gasteiger partial charge in [0, 0.05) is 35.6 Å². The summed E-state index contributed by atoms with van der Waals surface area (Å²) >= 11 is 0. The highest BCUT2D eigenvalue weighted by Crippen LogP contribution is 2.24. The van der Waals surface area contributed by atoms with E-state index in [1.54, 1.807) is 18.2 Å². The molecule has 0 aromatic heterocycles. The molecule has 1 heterocycles. The Morgan fingerprint density at radius 1 is 0.923 bits per heavy atom. The lowest BCUT2D eigenvalue weighted by atomic mass is 10.0. The van der Waals surface area contributed by atoms with Gasteiger partial charge in [0.05, 0.1) is 5.56 Å². The first kappa shape index (κ1) is 28.9. The van der Waals surface area contributed by atoms with Gasteiger partial charge in [-0.3, -0.25) is 24.0 Å². The SMILES string of the molecule is NCCCCC1NC(=O)C(CCC(=O)O)NC(=O)c2cc(N)ccc2NCc2ccc(C(N)=O)cc2NC1=O. The fraction of sp³-hybridized carbons (Fsp3) is 0.346. The molecule has 1 aliphatic rings. The lowest BCUT2D eigenvalue weighted by Gasteiger charge is -2.25. The van der Waals surface area contributed by atoms with Crippen LogP contribution < -0.4 is 38.5 Å². The van der Waals surface area contributed by atoms with Crippen LogP contribution in [0.5, 0.6) is 0 Å². The summed E-state index contributed by atoms with van der Waals surface area (Å²) in [7, 11) is 0. The monoisotopic (exact) mass is 539 g/mol. The molecule has 39 heavy (non-hydrogen) atoms. The number of aliphatic carboxylic acids is 1. The van der Waals surface area contributed by atoms with Crippen molar-refractivity contribution < 1.29 is 29.1 Å². The first-order chi connectivity index (χ1) is 18.6. The highest BCUT2D eigenvalue weighted by molar-refractivity contribution is 6.04. The van der Waals surface area contributed by atoms with Gasteiger partial charge in [0.15, 0.2) is 0 Å². The summed E-state index contributed by atoms with van der Waals surface area (Å²) in [4.78, 5) is 62.9. The topological polar surface area (TPSA) is 232 Å². The molecule has 1 aliphatic heterocycles. The molecule has 2 aromatic carbocycles. The Morgan fingerprint density at radius 2 is 1.67 bits per heavy atom. The van der Waals surface area contributed by atoms with Crippen molar-refractivity contribution in [3.63, 3.8) is 0 Å². The summed E-state index contributed by atoms with van der Waals surface area (Å²) in [5.74, 6) is -3.77. The number of nitrogen functional groups attached to an aromatic ring is 1. The maximum Gasteiger partial charge on any atom is 0.303 e. The second-order valence-corrected chi connectivity index (χ2v) is 9.19. The minimum Gasteiger partial charge on any atom is -0.481 e. The van der Waals surface area contributed by atoms with Gasteiger partial charge in [-0.05, 0) is 68.1 Å². The number of nitrogens with one attached hydrogen (secondary N) is 4. The molecule has 2 unspecified atom stereocenters. The number of carbonyl (C=O) groups excluding carboxylic acids is 4. The lowest BCUT2D eigenvalue weighted by Crippen LogP contribution is -2.53. The van der Waals surface area contributed by atoms with Crippen molar-refractivity contribution in [3.8, 4) is 0 Å². The van der Waals surface area contributed by atoms with E-state index in [0.29, 0.717) is 42.0 Å². The second-order valence-electron chi connectivity index (χ2n) is 9.19. The van der Waals surface area contributed by atoms with Crippen molar-refractivity contribution in [3.05, 3.63) is 53.1 Å². The van der Waals surface area contributed by atoms with Gasteiger partial charge in [0.2, 0.25) is 17.7 Å².